The number of hydrogen-bond acceptors (Lipinski definition) is 33. The van der Waals surface area contributed by atoms with Crippen molar-refractivity contribution in [2.24, 2.45) is 47.3 Å². The van der Waals surface area contributed by atoms with Gasteiger partial charge in [-0.3, -0.25) is 38.4 Å². The Balaban J connectivity index is -0.000000195. The van der Waals surface area contributed by atoms with E-state index in [0.29, 0.717) is 115 Å². The van der Waals surface area contributed by atoms with E-state index in [4.69, 9.17) is 18.9 Å². The van der Waals surface area contributed by atoms with Crippen molar-refractivity contribution in [1.82, 2.24) is 0 Å². The summed E-state index contributed by atoms with van der Waals surface area (Å²) in [6.45, 7) is 43.9. The van der Waals surface area contributed by atoms with Gasteiger partial charge in [-0.2, -0.15) is 0 Å². The lowest BCUT2D eigenvalue weighted by Crippen LogP contribution is -2.29. The second-order valence-corrected chi connectivity index (χ2v) is 29.2. The van der Waals surface area contributed by atoms with Gasteiger partial charge in [-0.05, 0) is 83.5 Å². The molecule has 0 heterocycles. The molecule has 117 heavy (non-hydrogen) atoms. The third kappa shape index (κ3) is 94.6. The first-order valence-electron chi connectivity index (χ1n) is 40.7. The van der Waals surface area contributed by atoms with E-state index in [9.17, 15) is 109 Å². The molecule has 688 valence electrons. The summed E-state index contributed by atoms with van der Waals surface area (Å²) in [5.41, 5.74) is 0. The quantitative estimate of drug-likeness (QED) is 0.0310. The Hall–Kier alpha value is -8.40. The van der Waals surface area contributed by atoms with Gasteiger partial charge in [-0.1, -0.05) is 179 Å². The predicted octanol–water partition coefficient (Wildman–Crippen LogP) is 15.5. The Kier molecular flexibility index (Phi) is 87.8. The standard InChI is InChI=1S/2C10H19NO5.3C10H19NO4.C10H20O.C9H16N2O8.C8H16O2/c2*1-4-9(16-11(13)14)7-15-6-5-10(12)8(2)3;3*1-4-9(15-11(13)14)6-5-7-10(12)8(2)3;1-4-5-6-7-8-10(11)9(2)3;1-7(2)9(12)3-4-17-5-8(19-11(15)16)6-18-10(13)14;1-4-5-10-6-8(9)7(2)3/h2*8-9H,4-7H2,1-3H3;3*8-9H,4-7H2,1-3H3;9H,4-8H2,1-3H3;7-8H,3-6H2,1-2H3;7H,4-6H2,1-3H3/t9-;;2*9-;;;8-;/m0.10..0./s1. The average molecular weight is 1700 g/mol. The van der Waals surface area contributed by atoms with Crippen LogP contribution in [0.4, 0.5) is 0 Å². The molecule has 40 nitrogen and oxygen atoms in total. The van der Waals surface area contributed by atoms with Crippen molar-refractivity contribution in [3.63, 3.8) is 0 Å². The summed E-state index contributed by atoms with van der Waals surface area (Å²) >= 11 is 0. The van der Waals surface area contributed by atoms with Gasteiger partial charge in [0.1, 0.15) is 84.2 Å². The molecule has 2 unspecified atom stereocenters. The molecule has 0 radical (unpaired) electrons. The molecule has 0 aliphatic carbocycles. The minimum absolute atomic E-state index is 0.000553. The van der Waals surface area contributed by atoms with Crippen molar-refractivity contribution in [1.29, 1.82) is 0 Å². The number of Topliss-reactive ketones (excluding diaryl/α,β-unsaturated/α-hetero) is 8. The molecule has 0 spiro atoms. The maximum absolute atomic E-state index is 11.3. The van der Waals surface area contributed by atoms with Crippen molar-refractivity contribution in [2.75, 3.05) is 59.5 Å². The maximum atomic E-state index is 11.3. The molecule has 0 fully saturated rings. The van der Waals surface area contributed by atoms with Crippen LogP contribution in [-0.4, -0.2) is 178 Å². The molecule has 0 rings (SSSR count). The molecule has 0 bridgehead atoms. The van der Waals surface area contributed by atoms with Gasteiger partial charge in [0.15, 0.2) is 11.9 Å². The van der Waals surface area contributed by atoms with Gasteiger partial charge < -0.3 is 52.8 Å². The molecule has 0 aromatic heterocycles. The number of nitrogens with zero attached hydrogens (tertiary/aromatic N) is 7. The lowest BCUT2D eigenvalue weighted by atomic mass is 10.0. The van der Waals surface area contributed by atoms with Gasteiger partial charge in [0.05, 0.1) is 39.6 Å². The minimum Gasteiger partial charge on any atom is -0.379 e. The second-order valence-electron chi connectivity index (χ2n) is 29.2. The van der Waals surface area contributed by atoms with E-state index in [0.717, 1.165) is 19.3 Å². The number of unbranched alkanes of at least 4 members (excludes halogenated alkanes) is 3. The number of ketones is 8. The lowest BCUT2D eigenvalue weighted by Gasteiger charge is -2.13. The first-order valence-corrected chi connectivity index (χ1v) is 40.7. The number of hydrogen-bond donors (Lipinski definition) is 0. The minimum atomic E-state index is -1.21. The molecule has 0 aromatic carbocycles. The monoisotopic (exact) mass is 1700 g/mol. The van der Waals surface area contributed by atoms with Gasteiger partial charge in [-0.25, -0.2) is 0 Å². The molecule has 0 aliphatic heterocycles. The third-order valence-electron chi connectivity index (χ3n) is 16.3. The highest BCUT2D eigenvalue weighted by Gasteiger charge is 2.21. The van der Waals surface area contributed by atoms with Crippen LogP contribution in [0.5, 0.6) is 0 Å². The summed E-state index contributed by atoms with van der Waals surface area (Å²) in [6, 6.07) is 0. The molecule has 6 atom stereocenters. The van der Waals surface area contributed by atoms with Crippen molar-refractivity contribution >= 4 is 46.3 Å². The van der Waals surface area contributed by atoms with Gasteiger partial charge in [0, 0.05) is 98.9 Å². The second kappa shape index (κ2) is 82.7. The van der Waals surface area contributed by atoms with Crippen molar-refractivity contribution in [3.05, 3.63) is 70.8 Å². The summed E-state index contributed by atoms with van der Waals surface area (Å²) in [5.74, 6) is 1.81. The largest absolute Gasteiger partial charge is 0.379 e. The molecular formula is C77H147N7O33. The molecule has 0 saturated carbocycles. The Morgan fingerprint density at radius 2 is 0.470 bits per heavy atom. The van der Waals surface area contributed by atoms with Crippen LogP contribution in [-0.2, 0) is 91.2 Å². The lowest BCUT2D eigenvalue weighted by molar-refractivity contribution is -0.790. The molecule has 0 saturated heterocycles. The summed E-state index contributed by atoms with van der Waals surface area (Å²) in [7, 11) is 0. The van der Waals surface area contributed by atoms with Crippen LogP contribution in [0.25, 0.3) is 0 Å². The summed E-state index contributed by atoms with van der Waals surface area (Å²) in [4.78, 5) is 190. The summed E-state index contributed by atoms with van der Waals surface area (Å²) in [5, 5.41) is 64.4. The topological polar surface area (TPSA) is 540 Å². The highest BCUT2D eigenvalue weighted by molar-refractivity contribution is 5.83. The average Bonchev–Trinajstić information content (AvgIpc) is 0.952. The van der Waals surface area contributed by atoms with Crippen LogP contribution in [0.2, 0.25) is 0 Å². The van der Waals surface area contributed by atoms with E-state index in [1.807, 2.05) is 125 Å². The fourth-order valence-corrected chi connectivity index (χ4v) is 8.33. The third-order valence-corrected chi connectivity index (χ3v) is 16.3. The van der Waals surface area contributed by atoms with E-state index in [1.165, 1.54) is 19.3 Å². The van der Waals surface area contributed by atoms with E-state index >= 15 is 0 Å². The Labute approximate surface area is 691 Å². The summed E-state index contributed by atoms with van der Waals surface area (Å²) < 4.78 is 20.4. The summed E-state index contributed by atoms with van der Waals surface area (Å²) in [6.07, 6.45) is 11.9. The first-order chi connectivity index (χ1) is 54.5. The highest BCUT2D eigenvalue weighted by atomic mass is 17.0. The van der Waals surface area contributed by atoms with Crippen molar-refractivity contribution in [2.45, 2.75) is 344 Å². The van der Waals surface area contributed by atoms with Gasteiger partial charge in [0.25, 0.3) is 35.6 Å². The van der Waals surface area contributed by atoms with E-state index in [2.05, 4.69) is 40.8 Å². The molecule has 0 aliphatic rings. The van der Waals surface area contributed by atoms with Crippen LogP contribution in [0.1, 0.15) is 307 Å². The SMILES string of the molecule is CC(C)C(=O)CCOC[C@@H](CO[N+](=O)[O-])O[N+](=O)[O-].CCC(CCCC(=O)C(C)C)O[N+](=O)[O-].CCC(COCCC(=O)C(C)C)O[N+](=O)[O-].CCCCCCC(=O)C(C)C.CCCOCC(=O)C(C)C.CC[C@@H](CCCC(=O)C(C)C)O[N+](=O)[O-].CC[C@@H](COCCC(=O)C(C)C)O[N+](=O)[O-].CC[C@H](CCCC(=O)C(C)C)O[N+](=O)[O-]. The van der Waals surface area contributed by atoms with E-state index in [-0.39, 0.29) is 159 Å². The molecule has 0 N–H and O–H groups in total. The normalized spacial score (nSPS) is 12.1. The first kappa shape index (κ1) is 124. The maximum Gasteiger partial charge on any atom is 0.294 e. The van der Waals surface area contributed by atoms with Crippen LogP contribution in [0, 0.1) is 118 Å². The molecular weight excluding hydrogens is 1550 g/mol. The Morgan fingerprint density at radius 3 is 0.692 bits per heavy atom. The van der Waals surface area contributed by atoms with Gasteiger partial charge in [0.2, 0.25) is 0 Å². The van der Waals surface area contributed by atoms with Crippen LogP contribution in [0.3, 0.4) is 0 Å². The zero-order valence-electron chi connectivity index (χ0n) is 74.3. The van der Waals surface area contributed by atoms with Crippen LogP contribution >= 0.6 is 0 Å². The smallest absolute Gasteiger partial charge is 0.294 e. The van der Waals surface area contributed by atoms with E-state index < -0.39 is 60.5 Å². The highest BCUT2D eigenvalue weighted by Crippen LogP contribution is 2.16. The Bertz CT molecular complexity index is 2510. The van der Waals surface area contributed by atoms with Crippen molar-refractivity contribution < 1.29 is 127 Å². The van der Waals surface area contributed by atoms with Crippen molar-refractivity contribution in [3.8, 4) is 0 Å². The molecule has 0 aromatic rings. The number of carbonyl (C=O) groups excluding carboxylic acids is 8. The fraction of sp³-hybridized carbons (Fsp3) is 0.896. The zero-order chi connectivity index (χ0) is 92.1. The molecule has 40 heteroatoms. The number of carbonyl (C=O) groups is 8. The number of ether oxygens (including phenoxy) is 4. The zero-order valence-corrected chi connectivity index (χ0v) is 74.3. The molecule has 0 amide bonds. The van der Waals surface area contributed by atoms with Crippen LogP contribution in [0.15, 0.2) is 0 Å². The van der Waals surface area contributed by atoms with Gasteiger partial charge in [-0.15, -0.1) is 70.8 Å². The Morgan fingerprint density at radius 1 is 0.239 bits per heavy atom. The predicted molar refractivity (Wildman–Crippen MR) is 432 cm³/mol. The number of rotatable bonds is 64. The fourth-order valence-electron chi connectivity index (χ4n) is 8.33. The van der Waals surface area contributed by atoms with Crippen LogP contribution < -0.4 is 0 Å². The van der Waals surface area contributed by atoms with Gasteiger partial charge >= 0.3 is 0 Å². The van der Waals surface area contributed by atoms with E-state index in [1.54, 1.807) is 27.7 Å².